The Morgan fingerprint density at radius 2 is 1.87 bits per heavy atom. The molecule has 0 spiro atoms. The number of phenolic OH excluding ortho intramolecular Hbond substituents is 2. The summed E-state index contributed by atoms with van der Waals surface area (Å²) in [4.78, 5) is 0. The number of nitrogens with two attached hydrogens (primary N) is 1. The van der Waals surface area contributed by atoms with E-state index < -0.39 is 0 Å². The van der Waals surface area contributed by atoms with Gasteiger partial charge in [0.25, 0.3) is 0 Å². The number of hydrogen-bond acceptors (Lipinski definition) is 3. The molecule has 0 saturated carbocycles. The normalized spacial score (nSPS) is 12.3. The molecule has 1 aromatic carbocycles. The van der Waals surface area contributed by atoms with Gasteiger partial charge in [0.05, 0.1) is 0 Å². The molecule has 0 bridgehead atoms. The van der Waals surface area contributed by atoms with Crippen LogP contribution in [0.3, 0.4) is 0 Å². The van der Waals surface area contributed by atoms with Crippen LogP contribution in [-0.2, 0) is 0 Å². The highest BCUT2D eigenvalue weighted by molar-refractivity contribution is 5.85. The van der Waals surface area contributed by atoms with Crippen molar-refractivity contribution in [2.75, 3.05) is 0 Å². The van der Waals surface area contributed by atoms with Crippen molar-refractivity contribution in [2.24, 2.45) is 11.7 Å². The molecular formula is C11H18ClNO2. The van der Waals surface area contributed by atoms with Gasteiger partial charge in [-0.25, -0.2) is 0 Å². The molecule has 0 saturated heterocycles. The van der Waals surface area contributed by atoms with Crippen molar-refractivity contribution >= 4 is 12.4 Å². The van der Waals surface area contributed by atoms with Gasteiger partial charge in [0.2, 0.25) is 0 Å². The number of phenols is 2. The minimum absolute atomic E-state index is 0. The van der Waals surface area contributed by atoms with Crippen molar-refractivity contribution in [3.63, 3.8) is 0 Å². The first-order valence-electron chi connectivity index (χ1n) is 4.78. The zero-order chi connectivity index (χ0) is 10.7. The molecule has 3 nitrogen and oxygen atoms in total. The van der Waals surface area contributed by atoms with Crippen LogP contribution in [0.1, 0.15) is 31.9 Å². The smallest absolute Gasteiger partial charge is 0.162 e. The minimum Gasteiger partial charge on any atom is -0.504 e. The molecule has 0 aliphatic carbocycles. The molecule has 0 radical (unpaired) electrons. The van der Waals surface area contributed by atoms with Crippen LogP contribution in [0.25, 0.3) is 0 Å². The predicted octanol–water partition coefficient (Wildman–Crippen LogP) is 2.57. The van der Waals surface area contributed by atoms with Gasteiger partial charge in [-0.05, 0) is 18.4 Å². The van der Waals surface area contributed by atoms with Gasteiger partial charge in [-0.15, -0.1) is 12.4 Å². The van der Waals surface area contributed by atoms with E-state index in [9.17, 15) is 10.2 Å². The average Bonchev–Trinajstić information content (AvgIpc) is 2.08. The van der Waals surface area contributed by atoms with Crippen LogP contribution < -0.4 is 5.73 Å². The van der Waals surface area contributed by atoms with Crippen molar-refractivity contribution in [1.29, 1.82) is 0 Å². The predicted molar refractivity (Wildman–Crippen MR) is 63.4 cm³/mol. The summed E-state index contributed by atoms with van der Waals surface area (Å²) in [6.45, 7) is 4.14. The van der Waals surface area contributed by atoms with E-state index in [4.69, 9.17) is 5.73 Å². The van der Waals surface area contributed by atoms with Gasteiger partial charge in [0, 0.05) is 11.6 Å². The number of aromatic hydroxyl groups is 2. The molecule has 0 aromatic heterocycles. The molecular weight excluding hydrogens is 214 g/mol. The SMILES string of the molecule is CC(C)C[C@H](N)c1cccc(O)c1O.Cl. The molecule has 4 N–H and O–H groups in total. The summed E-state index contributed by atoms with van der Waals surface area (Å²) >= 11 is 0. The van der Waals surface area contributed by atoms with E-state index >= 15 is 0 Å². The van der Waals surface area contributed by atoms with Crippen molar-refractivity contribution in [2.45, 2.75) is 26.3 Å². The van der Waals surface area contributed by atoms with Crippen molar-refractivity contribution in [3.8, 4) is 11.5 Å². The highest BCUT2D eigenvalue weighted by Crippen LogP contribution is 2.33. The van der Waals surface area contributed by atoms with E-state index in [-0.39, 0.29) is 29.9 Å². The molecule has 0 aliphatic rings. The summed E-state index contributed by atoms with van der Waals surface area (Å²) in [5, 5.41) is 18.8. The minimum atomic E-state index is -0.220. The molecule has 1 aromatic rings. The maximum atomic E-state index is 9.55. The fourth-order valence-corrected chi connectivity index (χ4v) is 1.48. The van der Waals surface area contributed by atoms with E-state index in [2.05, 4.69) is 13.8 Å². The van der Waals surface area contributed by atoms with E-state index in [1.54, 1.807) is 12.1 Å². The van der Waals surface area contributed by atoms with Gasteiger partial charge in [0.15, 0.2) is 11.5 Å². The fourth-order valence-electron chi connectivity index (χ4n) is 1.48. The van der Waals surface area contributed by atoms with Crippen LogP contribution in [0.4, 0.5) is 0 Å². The van der Waals surface area contributed by atoms with Gasteiger partial charge in [-0.3, -0.25) is 0 Å². The van der Waals surface area contributed by atoms with Gasteiger partial charge in [-0.1, -0.05) is 26.0 Å². The van der Waals surface area contributed by atoms with E-state index in [1.807, 2.05) is 0 Å². The first-order valence-corrected chi connectivity index (χ1v) is 4.78. The van der Waals surface area contributed by atoms with E-state index in [0.717, 1.165) is 6.42 Å². The number of hydrogen-bond donors (Lipinski definition) is 3. The van der Waals surface area contributed by atoms with Crippen LogP contribution in [-0.4, -0.2) is 10.2 Å². The zero-order valence-electron chi connectivity index (χ0n) is 8.97. The highest BCUT2D eigenvalue weighted by atomic mass is 35.5. The fraction of sp³-hybridized carbons (Fsp3) is 0.455. The second-order valence-electron chi connectivity index (χ2n) is 3.95. The van der Waals surface area contributed by atoms with E-state index in [1.165, 1.54) is 6.07 Å². The Kier molecular flexibility index (Phi) is 5.47. The lowest BCUT2D eigenvalue weighted by Crippen LogP contribution is -2.12. The third-order valence-electron chi connectivity index (χ3n) is 2.17. The van der Waals surface area contributed by atoms with Gasteiger partial charge in [0.1, 0.15) is 0 Å². The largest absolute Gasteiger partial charge is 0.504 e. The summed E-state index contributed by atoms with van der Waals surface area (Å²) in [5.41, 5.74) is 6.50. The molecule has 0 heterocycles. The molecule has 4 heteroatoms. The first-order chi connectivity index (χ1) is 6.52. The Balaban J connectivity index is 0.00000196. The molecule has 0 fully saturated rings. The van der Waals surface area contributed by atoms with Gasteiger partial charge < -0.3 is 15.9 Å². The molecule has 1 atom stereocenters. The van der Waals surface area contributed by atoms with Crippen LogP contribution >= 0.6 is 12.4 Å². The Morgan fingerprint density at radius 3 is 2.40 bits per heavy atom. The Labute approximate surface area is 96.3 Å². The maximum absolute atomic E-state index is 9.55. The second-order valence-corrected chi connectivity index (χ2v) is 3.95. The third kappa shape index (κ3) is 3.61. The molecule has 15 heavy (non-hydrogen) atoms. The molecule has 0 amide bonds. The van der Waals surface area contributed by atoms with Crippen molar-refractivity contribution in [1.82, 2.24) is 0 Å². The van der Waals surface area contributed by atoms with Crippen LogP contribution in [0.5, 0.6) is 11.5 Å². The Bertz CT molecular complexity index is 315. The topological polar surface area (TPSA) is 66.5 Å². The number of para-hydroxylation sites is 1. The standard InChI is InChI=1S/C11H17NO2.ClH/c1-7(2)6-9(12)8-4-3-5-10(13)11(8)14;/h3-5,7,9,13-14H,6,12H2,1-2H3;1H/t9-;/m0./s1. The lowest BCUT2D eigenvalue weighted by atomic mass is 9.97. The monoisotopic (exact) mass is 231 g/mol. The number of benzene rings is 1. The Hall–Kier alpha value is -0.930. The van der Waals surface area contributed by atoms with Crippen LogP contribution in [0, 0.1) is 5.92 Å². The summed E-state index contributed by atoms with van der Waals surface area (Å²) < 4.78 is 0. The average molecular weight is 232 g/mol. The van der Waals surface area contributed by atoms with Crippen LogP contribution in [0.15, 0.2) is 18.2 Å². The van der Waals surface area contributed by atoms with Gasteiger partial charge in [-0.2, -0.15) is 0 Å². The second kappa shape index (κ2) is 5.83. The van der Waals surface area contributed by atoms with Gasteiger partial charge >= 0.3 is 0 Å². The highest BCUT2D eigenvalue weighted by Gasteiger charge is 2.14. The summed E-state index contributed by atoms with van der Waals surface area (Å²) in [7, 11) is 0. The number of halogens is 1. The lowest BCUT2D eigenvalue weighted by molar-refractivity contribution is 0.391. The molecule has 1 rings (SSSR count). The molecule has 86 valence electrons. The van der Waals surface area contributed by atoms with E-state index in [0.29, 0.717) is 11.5 Å². The summed E-state index contributed by atoms with van der Waals surface area (Å²) in [5.74, 6) is 0.258. The number of rotatable bonds is 3. The maximum Gasteiger partial charge on any atom is 0.162 e. The Morgan fingerprint density at radius 1 is 1.27 bits per heavy atom. The third-order valence-corrected chi connectivity index (χ3v) is 2.17. The van der Waals surface area contributed by atoms with Crippen LogP contribution in [0.2, 0.25) is 0 Å². The zero-order valence-corrected chi connectivity index (χ0v) is 9.79. The lowest BCUT2D eigenvalue weighted by Gasteiger charge is -2.16. The van der Waals surface area contributed by atoms with Crippen molar-refractivity contribution in [3.05, 3.63) is 23.8 Å². The first kappa shape index (κ1) is 14.1. The quantitative estimate of drug-likeness (QED) is 0.701. The van der Waals surface area contributed by atoms with Crippen molar-refractivity contribution < 1.29 is 10.2 Å². The molecule has 0 aliphatic heterocycles. The summed E-state index contributed by atoms with van der Waals surface area (Å²) in [6.07, 6.45) is 0.789. The molecule has 0 unspecified atom stereocenters. The summed E-state index contributed by atoms with van der Waals surface area (Å²) in [6, 6.07) is 4.65.